The Hall–Kier alpha value is -2.79. The first-order valence-corrected chi connectivity index (χ1v) is 12.9. The van der Waals surface area contributed by atoms with Crippen molar-refractivity contribution < 1.29 is 14.0 Å². The Balaban J connectivity index is 1.43. The lowest BCUT2D eigenvalue weighted by molar-refractivity contribution is -0.124. The van der Waals surface area contributed by atoms with Gasteiger partial charge in [-0.15, -0.1) is 0 Å². The highest BCUT2D eigenvalue weighted by atomic mass is 19.1. The van der Waals surface area contributed by atoms with Gasteiger partial charge in [-0.25, -0.2) is 4.39 Å². The summed E-state index contributed by atoms with van der Waals surface area (Å²) in [4.78, 5) is 28.9. The minimum atomic E-state index is -0.166. The number of anilines is 1. The number of nitrogens with zero attached hydrogens (tertiary/aromatic N) is 2. The lowest BCUT2D eigenvalue weighted by Gasteiger charge is -2.38. The topological polar surface area (TPSA) is 40.6 Å². The van der Waals surface area contributed by atoms with Crippen molar-refractivity contribution in [2.75, 3.05) is 31.1 Å². The van der Waals surface area contributed by atoms with Crippen molar-refractivity contribution >= 4 is 23.5 Å². The van der Waals surface area contributed by atoms with Gasteiger partial charge in [-0.3, -0.25) is 9.59 Å². The van der Waals surface area contributed by atoms with E-state index in [1.54, 1.807) is 6.07 Å². The number of Topliss-reactive ketones (excluding diaryl/α,β-unsaturated/α-hetero) is 1. The average molecular weight is 477 g/mol. The first kappa shape index (κ1) is 25.3. The zero-order chi connectivity index (χ0) is 24.9. The number of rotatable bonds is 7. The van der Waals surface area contributed by atoms with Crippen molar-refractivity contribution in [2.45, 2.75) is 52.9 Å². The molecule has 2 aromatic rings. The lowest BCUT2D eigenvalue weighted by atomic mass is 9.84. The number of amides is 1. The molecule has 2 atom stereocenters. The Morgan fingerprint density at radius 3 is 2.43 bits per heavy atom. The van der Waals surface area contributed by atoms with E-state index in [1.165, 1.54) is 6.07 Å². The van der Waals surface area contributed by atoms with Crippen molar-refractivity contribution in [1.29, 1.82) is 0 Å². The van der Waals surface area contributed by atoms with E-state index in [2.05, 4.69) is 43.0 Å². The molecule has 0 saturated carbocycles. The summed E-state index contributed by atoms with van der Waals surface area (Å²) in [5.41, 5.74) is 5.04. The Morgan fingerprint density at radius 2 is 1.74 bits per heavy atom. The third-order valence-electron chi connectivity index (χ3n) is 7.40. The van der Waals surface area contributed by atoms with Gasteiger partial charge in [0.05, 0.1) is 0 Å². The minimum Gasteiger partial charge on any atom is -0.311 e. The van der Waals surface area contributed by atoms with Crippen LogP contribution in [0.5, 0.6) is 0 Å². The number of aryl methyl sites for hydroxylation is 2. The standard InChI is InChI=1S/C30H37FN2O2/c1-21-16-24(8-6-7-13-32-14-11-27(34)12-15-32)17-22(2)29(21)33-20-25(18-23(3)30(33)35)19-26-9-4-5-10-28(26)31/h4-6,8-10,16-17,23,25H,7,11-15,18-20H2,1-3H3/b8-6+/t23-,25-/m1/s1. The average Bonchev–Trinajstić information content (AvgIpc) is 2.82. The molecule has 2 fully saturated rings. The molecule has 4 rings (SSSR count). The number of piperidine rings is 2. The molecule has 186 valence electrons. The van der Waals surface area contributed by atoms with Gasteiger partial charge in [0.1, 0.15) is 11.6 Å². The summed E-state index contributed by atoms with van der Waals surface area (Å²) in [6.07, 6.45) is 8.09. The van der Waals surface area contributed by atoms with Gasteiger partial charge in [0.2, 0.25) is 5.91 Å². The third kappa shape index (κ3) is 6.26. The van der Waals surface area contributed by atoms with Gasteiger partial charge in [0.15, 0.2) is 0 Å². The summed E-state index contributed by atoms with van der Waals surface area (Å²) >= 11 is 0. The largest absolute Gasteiger partial charge is 0.311 e. The first-order valence-electron chi connectivity index (χ1n) is 12.9. The molecule has 2 aliphatic heterocycles. The molecule has 0 spiro atoms. The van der Waals surface area contributed by atoms with Crippen molar-refractivity contribution in [3.8, 4) is 0 Å². The molecule has 2 saturated heterocycles. The fourth-order valence-corrected chi connectivity index (χ4v) is 5.63. The molecule has 0 unspecified atom stereocenters. The molecule has 0 aromatic heterocycles. The summed E-state index contributed by atoms with van der Waals surface area (Å²) in [6.45, 7) is 9.48. The van der Waals surface area contributed by atoms with Crippen LogP contribution in [0.15, 0.2) is 42.5 Å². The summed E-state index contributed by atoms with van der Waals surface area (Å²) in [5.74, 6) is 0.514. The van der Waals surface area contributed by atoms with Gasteiger partial charge in [0, 0.05) is 50.6 Å². The molecule has 1 amide bonds. The molecule has 0 radical (unpaired) electrons. The summed E-state index contributed by atoms with van der Waals surface area (Å²) in [5, 5.41) is 0. The number of hydrogen-bond donors (Lipinski definition) is 0. The van der Waals surface area contributed by atoms with E-state index < -0.39 is 0 Å². The highest BCUT2D eigenvalue weighted by molar-refractivity contribution is 5.97. The minimum absolute atomic E-state index is 0.0797. The fraction of sp³-hybridized carbons (Fsp3) is 0.467. The molecule has 0 bridgehead atoms. The molecule has 0 N–H and O–H groups in total. The number of carbonyl (C=O) groups is 2. The van der Waals surface area contributed by atoms with E-state index in [4.69, 9.17) is 0 Å². The smallest absolute Gasteiger partial charge is 0.229 e. The predicted molar refractivity (Wildman–Crippen MR) is 140 cm³/mol. The third-order valence-corrected chi connectivity index (χ3v) is 7.40. The zero-order valence-electron chi connectivity index (χ0n) is 21.2. The molecule has 2 aliphatic rings. The number of ketones is 1. The molecule has 5 heteroatoms. The van der Waals surface area contributed by atoms with E-state index in [1.807, 2.05) is 24.0 Å². The van der Waals surface area contributed by atoms with Crippen LogP contribution in [0.2, 0.25) is 0 Å². The molecule has 4 nitrogen and oxygen atoms in total. The van der Waals surface area contributed by atoms with Crippen LogP contribution in [-0.2, 0) is 16.0 Å². The Bertz CT molecular complexity index is 1080. The number of likely N-dealkylation sites (tertiary alicyclic amines) is 1. The summed E-state index contributed by atoms with van der Waals surface area (Å²) < 4.78 is 14.3. The van der Waals surface area contributed by atoms with Gasteiger partial charge in [-0.2, -0.15) is 0 Å². The van der Waals surface area contributed by atoms with Gasteiger partial charge in [0.25, 0.3) is 0 Å². The van der Waals surface area contributed by atoms with Crippen LogP contribution in [0.3, 0.4) is 0 Å². The van der Waals surface area contributed by atoms with E-state index in [0.717, 1.165) is 60.4 Å². The molecule has 0 aliphatic carbocycles. The number of benzene rings is 2. The van der Waals surface area contributed by atoms with Crippen LogP contribution in [0.1, 0.15) is 54.9 Å². The van der Waals surface area contributed by atoms with Gasteiger partial charge < -0.3 is 9.80 Å². The fourth-order valence-electron chi connectivity index (χ4n) is 5.63. The lowest BCUT2D eigenvalue weighted by Crippen LogP contribution is -2.46. The maximum Gasteiger partial charge on any atom is 0.229 e. The van der Waals surface area contributed by atoms with E-state index in [9.17, 15) is 14.0 Å². The van der Waals surface area contributed by atoms with Crippen LogP contribution < -0.4 is 4.90 Å². The van der Waals surface area contributed by atoms with Crippen LogP contribution in [0, 0.1) is 31.5 Å². The van der Waals surface area contributed by atoms with Crippen LogP contribution in [0.25, 0.3) is 6.08 Å². The van der Waals surface area contributed by atoms with Gasteiger partial charge in [-0.1, -0.05) is 37.3 Å². The highest BCUT2D eigenvalue weighted by Crippen LogP contribution is 2.34. The second kappa shape index (κ2) is 11.3. The number of hydrogen-bond acceptors (Lipinski definition) is 3. The van der Waals surface area contributed by atoms with Crippen molar-refractivity contribution in [3.05, 3.63) is 70.5 Å². The second-order valence-corrected chi connectivity index (χ2v) is 10.3. The summed E-state index contributed by atoms with van der Waals surface area (Å²) in [6, 6.07) is 11.3. The Morgan fingerprint density at radius 1 is 1.06 bits per heavy atom. The second-order valence-electron chi connectivity index (χ2n) is 10.3. The highest BCUT2D eigenvalue weighted by Gasteiger charge is 2.34. The maximum atomic E-state index is 14.3. The Labute approximate surface area is 208 Å². The van der Waals surface area contributed by atoms with E-state index >= 15 is 0 Å². The normalized spacial score (nSPS) is 21.8. The molecule has 2 heterocycles. The van der Waals surface area contributed by atoms with Crippen molar-refractivity contribution in [3.63, 3.8) is 0 Å². The summed E-state index contributed by atoms with van der Waals surface area (Å²) in [7, 11) is 0. The molecule has 2 aromatic carbocycles. The predicted octanol–water partition coefficient (Wildman–Crippen LogP) is 5.74. The molecule has 35 heavy (non-hydrogen) atoms. The van der Waals surface area contributed by atoms with E-state index in [0.29, 0.717) is 31.6 Å². The molecular formula is C30H37FN2O2. The van der Waals surface area contributed by atoms with Crippen molar-refractivity contribution in [2.24, 2.45) is 11.8 Å². The van der Waals surface area contributed by atoms with Crippen LogP contribution in [-0.4, -0.2) is 42.8 Å². The maximum absolute atomic E-state index is 14.3. The van der Waals surface area contributed by atoms with Crippen molar-refractivity contribution in [1.82, 2.24) is 4.90 Å². The van der Waals surface area contributed by atoms with Gasteiger partial charge in [-0.05, 0) is 79.5 Å². The van der Waals surface area contributed by atoms with Crippen LogP contribution >= 0.6 is 0 Å². The zero-order valence-corrected chi connectivity index (χ0v) is 21.2. The number of halogens is 1. The number of carbonyl (C=O) groups excluding carboxylic acids is 2. The monoisotopic (exact) mass is 476 g/mol. The Kier molecular flexibility index (Phi) is 8.17. The first-order chi connectivity index (χ1) is 16.8. The SMILES string of the molecule is Cc1cc(/C=C/CCN2CCC(=O)CC2)cc(C)c1N1C[C@@H](Cc2ccccc2F)C[C@@H](C)C1=O. The van der Waals surface area contributed by atoms with E-state index in [-0.39, 0.29) is 23.6 Å². The quantitative estimate of drug-likeness (QED) is 0.511. The van der Waals surface area contributed by atoms with Crippen LogP contribution in [0.4, 0.5) is 10.1 Å². The molecular weight excluding hydrogens is 439 g/mol. The van der Waals surface area contributed by atoms with Gasteiger partial charge >= 0.3 is 0 Å².